The van der Waals surface area contributed by atoms with Crippen molar-refractivity contribution in [2.45, 2.75) is 59.3 Å². The molecule has 0 bridgehead atoms. The number of para-hydroxylation sites is 1. The molecule has 0 fully saturated rings. The van der Waals surface area contributed by atoms with Crippen LogP contribution in [0.5, 0.6) is 5.75 Å². The molecule has 7 heteroatoms. The zero-order valence-electron chi connectivity index (χ0n) is 19.2. The average molecular weight is 442 g/mol. The summed E-state index contributed by atoms with van der Waals surface area (Å²) in [7, 11) is 0. The van der Waals surface area contributed by atoms with Crippen LogP contribution in [0.1, 0.15) is 46.6 Å². The summed E-state index contributed by atoms with van der Waals surface area (Å²) in [6.07, 6.45) is -0.934. The van der Waals surface area contributed by atoms with Gasteiger partial charge in [0.05, 0.1) is 6.42 Å². The van der Waals surface area contributed by atoms with Gasteiger partial charge in [0.15, 0.2) is 0 Å². The van der Waals surface area contributed by atoms with Crippen molar-refractivity contribution in [3.05, 3.63) is 66.2 Å². The molecule has 1 N–H and O–H groups in total. The van der Waals surface area contributed by atoms with E-state index in [9.17, 15) is 14.4 Å². The highest BCUT2D eigenvalue weighted by atomic mass is 16.6. The van der Waals surface area contributed by atoms with Crippen molar-refractivity contribution in [2.75, 3.05) is 0 Å². The maximum atomic E-state index is 13.0. The first-order valence-corrected chi connectivity index (χ1v) is 10.4. The van der Waals surface area contributed by atoms with E-state index >= 15 is 0 Å². The Morgan fingerprint density at radius 3 is 2.00 bits per heavy atom. The molecule has 0 radical (unpaired) electrons. The van der Waals surface area contributed by atoms with Crippen LogP contribution in [0, 0.1) is 5.41 Å². The van der Waals surface area contributed by atoms with E-state index in [4.69, 9.17) is 14.2 Å². The molecule has 1 unspecified atom stereocenters. The van der Waals surface area contributed by atoms with Gasteiger partial charge in [-0.1, -0.05) is 62.4 Å². The summed E-state index contributed by atoms with van der Waals surface area (Å²) in [5.41, 5.74) is -0.876. The number of amides is 1. The van der Waals surface area contributed by atoms with Gasteiger partial charge in [-0.05, 0) is 38.5 Å². The van der Waals surface area contributed by atoms with Crippen LogP contribution >= 0.6 is 0 Å². The number of nitrogens with one attached hydrogen (secondary N) is 1. The molecule has 2 aromatic carbocycles. The Bertz CT molecular complexity index is 903. The largest absolute Gasteiger partial charge is 0.460 e. The van der Waals surface area contributed by atoms with Crippen molar-refractivity contribution in [1.29, 1.82) is 0 Å². The molecule has 0 aliphatic carbocycles. The highest BCUT2D eigenvalue weighted by Gasteiger charge is 2.41. The fraction of sp³-hybridized carbons (Fsp3) is 0.400. The van der Waals surface area contributed by atoms with Crippen molar-refractivity contribution in [3.63, 3.8) is 0 Å². The molecule has 0 spiro atoms. The summed E-state index contributed by atoms with van der Waals surface area (Å²) in [5.74, 6) is -0.833. The standard InChI is InChI=1S/C25H31NO6/c1-24(2,3)32-20(27)16-25(4,5)21(22(28)30-17-18-12-8-6-9-13-18)26-23(29)31-19-14-10-7-11-15-19/h6-15,21H,16-17H2,1-5H3,(H,26,29). The van der Waals surface area contributed by atoms with Crippen LogP contribution in [-0.2, 0) is 25.7 Å². The lowest BCUT2D eigenvalue weighted by molar-refractivity contribution is -0.159. The molecular formula is C25H31NO6. The predicted molar refractivity (Wildman–Crippen MR) is 120 cm³/mol. The van der Waals surface area contributed by atoms with Crippen molar-refractivity contribution in [1.82, 2.24) is 5.32 Å². The van der Waals surface area contributed by atoms with E-state index in [2.05, 4.69) is 5.32 Å². The van der Waals surface area contributed by atoms with E-state index in [-0.39, 0.29) is 13.0 Å². The Labute approximate surface area is 189 Å². The van der Waals surface area contributed by atoms with Crippen LogP contribution in [-0.4, -0.2) is 29.7 Å². The number of benzene rings is 2. The molecule has 2 aromatic rings. The molecule has 0 aliphatic heterocycles. The number of rotatable bonds is 8. The quantitative estimate of drug-likeness (QED) is 0.600. The Balaban J connectivity index is 2.15. The maximum Gasteiger partial charge on any atom is 0.413 e. The van der Waals surface area contributed by atoms with Crippen molar-refractivity contribution in [2.24, 2.45) is 5.41 Å². The van der Waals surface area contributed by atoms with Gasteiger partial charge in [-0.3, -0.25) is 4.79 Å². The van der Waals surface area contributed by atoms with Gasteiger partial charge in [0.1, 0.15) is 24.0 Å². The Kier molecular flexibility index (Phi) is 8.41. The topological polar surface area (TPSA) is 90.9 Å². The minimum Gasteiger partial charge on any atom is -0.460 e. The molecule has 0 saturated carbocycles. The smallest absolute Gasteiger partial charge is 0.413 e. The lowest BCUT2D eigenvalue weighted by Crippen LogP contribution is -2.52. The third-order valence-electron chi connectivity index (χ3n) is 4.48. The Morgan fingerprint density at radius 2 is 1.44 bits per heavy atom. The second-order valence-electron chi connectivity index (χ2n) is 9.13. The normalized spacial score (nSPS) is 12.4. The van der Waals surface area contributed by atoms with Gasteiger partial charge in [0.25, 0.3) is 0 Å². The average Bonchev–Trinajstić information content (AvgIpc) is 2.69. The van der Waals surface area contributed by atoms with Gasteiger partial charge in [-0.2, -0.15) is 0 Å². The SMILES string of the molecule is CC(C)(C)OC(=O)CC(C)(C)C(NC(=O)Oc1ccccc1)C(=O)OCc1ccccc1. The Morgan fingerprint density at radius 1 is 0.875 bits per heavy atom. The fourth-order valence-electron chi connectivity index (χ4n) is 2.98. The summed E-state index contributed by atoms with van der Waals surface area (Å²) in [5, 5.41) is 2.57. The summed E-state index contributed by atoms with van der Waals surface area (Å²) >= 11 is 0. The maximum absolute atomic E-state index is 13.0. The van der Waals surface area contributed by atoms with E-state index in [0.29, 0.717) is 5.75 Å². The van der Waals surface area contributed by atoms with Gasteiger partial charge in [0.2, 0.25) is 0 Å². The number of carbonyl (C=O) groups is 3. The van der Waals surface area contributed by atoms with Crippen molar-refractivity contribution in [3.8, 4) is 5.75 Å². The number of ether oxygens (including phenoxy) is 3. The third-order valence-corrected chi connectivity index (χ3v) is 4.48. The molecule has 0 aliphatic rings. The number of esters is 2. The zero-order valence-corrected chi connectivity index (χ0v) is 19.2. The summed E-state index contributed by atoms with van der Waals surface area (Å²) in [6.45, 7) is 8.70. The van der Waals surface area contributed by atoms with Crippen LogP contribution in [0.25, 0.3) is 0 Å². The molecule has 0 heterocycles. The lowest BCUT2D eigenvalue weighted by Gasteiger charge is -2.33. The summed E-state index contributed by atoms with van der Waals surface area (Å²) in [4.78, 5) is 37.9. The summed E-state index contributed by atoms with van der Waals surface area (Å²) < 4.78 is 16.1. The number of hydrogen-bond acceptors (Lipinski definition) is 6. The van der Waals surface area contributed by atoms with Gasteiger partial charge < -0.3 is 19.5 Å². The second kappa shape index (κ2) is 10.8. The van der Waals surface area contributed by atoms with Gasteiger partial charge >= 0.3 is 18.0 Å². The van der Waals surface area contributed by atoms with Gasteiger partial charge in [-0.15, -0.1) is 0 Å². The molecule has 172 valence electrons. The van der Waals surface area contributed by atoms with Crippen LogP contribution in [0.15, 0.2) is 60.7 Å². The molecule has 0 saturated heterocycles. The van der Waals surface area contributed by atoms with E-state index in [0.717, 1.165) is 5.56 Å². The van der Waals surface area contributed by atoms with Crippen molar-refractivity contribution >= 4 is 18.0 Å². The number of hydrogen-bond donors (Lipinski definition) is 1. The van der Waals surface area contributed by atoms with E-state index in [1.807, 2.05) is 30.3 Å². The Hall–Kier alpha value is -3.35. The molecule has 1 amide bonds. The molecule has 32 heavy (non-hydrogen) atoms. The zero-order chi connectivity index (χ0) is 23.8. The van der Waals surface area contributed by atoms with Gasteiger partial charge in [0, 0.05) is 5.41 Å². The monoisotopic (exact) mass is 441 g/mol. The molecule has 2 rings (SSSR count). The van der Waals surface area contributed by atoms with Crippen LogP contribution in [0.2, 0.25) is 0 Å². The minimum atomic E-state index is -1.14. The fourth-order valence-corrected chi connectivity index (χ4v) is 2.98. The lowest BCUT2D eigenvalue weighted by atomic mass is 9.81. The third kappa shape index (κ3) is 8.41. The highest BCUT2D eigenvalue weighted by Crippen LogP contribution is 2.28. The second-order valence-corrected chi connectivity index (χ2v) is 9.13. The molecule has 1 atom stereocenters. The predicted octanol–water partition coefficient (Wildman–Crippen LogP) is 4.65. The summed E-state index contributed by atoms with van der Waals surface area (Å²) in [6, 6.07) is 16.5. The molecule has 0 aromatic heterocycles. The van der Waals surface area contributed by atoms with Crippen LogP contribution in [0.3, 0.4) is 0 Å². The van der Waals surface area contributed by atoms with Gasteiger partial charge in [-0.25, -0.2) is 9.59 Å². The first-order chi connectivity index (χ1) is 15.0. The van der Waals surface area contributed by atoms with E-state index in [1.54, 1.807) is 65.0 Å². The first kappa shape index (κ1) is 24.9. The van der Waals surface area contributed by atoms with Crippen LogP contribution in [0.4, 0.5) is 4.79 Å². The first-order valence-electron chi connectivity index (χ1n) is 10.4. The van der Waals surface area contributed by atoms with Crippen LogP contribution < -0.4 is 10.1 Å². The van der Waals surface area contributed by atoms with E-state index in [1.165, 1.54) is 0 Å². The minimum absolute atomic E-state index is 0.0358. The number of carbonyl (C=O) groups excluding carboxylic acids is 3. The molecular weight excluding hydrogens is 410 g/mol. The van der Waals surface area contributed by atoms with Crippen molar-refractivity contribution < 1.29 is 28.6 Å². The van der Waals surface area contributed by atoms with E-state index < -0.39 is 35.1 Å². The molecule has 7 nitrogen and oxygen atoms in total. The highest BCUT2D eigenvalue weighted by molar-refractivity contribution is 5.84.